The van der Waals surface area contributed by atoms with Gasteiger partial charge in [-0.25, -0.2) is 4.39 Å². The molecule has 1 saturated heterocycles. The number of anilines is 1. The van der Waals surface area contributed by atoms with E-state index in [4.69, 9.17) is 47.0 Å². The largest absolute Gasteiger partial charge is 0.346 e. The molecule has 2 aromatic carbocycles. The molecule has 0 aliphatic carbocycles. The molecule has 1 N–H and O–H groups in total. The molecule has 0 unspecified atom stereocenters. The Morgan fingerprint density at radius 1 is 0.971 bits per heavy atom. The molecule has 0 radical (unpaired) electrons. The van der Waals surface area contributed by atoms with E-state index in [0.29, 0.717) is 33.3 Å². The number of nitrogens with zero attached hydrogens (tertiary/aromatic N) is 4. The van der Waals surface area contributed by atoms with E-state index >= 15 is 0 Å². The van der Waals surface area contributed by atoms with E-state index in [1.54, 1.807) is 12.1 Å². The van der Waals surface area contributed by atoms with Crippen LogP contribution in [-0.2, 0) is 13.1 Å². The number of piperazine rings is 1. The van der Waals surface area contributed by atoms with Gasteiger partial charge in [0.25, 0.3) is 0 Å². The number of nitrogens with one attached hydrogen (secondary N) is 1. The fourth-order valence-electron chi connectivity index (χ4n) is 4.03. The quantitative estimate of drug-likeness (QED) is 0.392. The molecule has 0 bridgehead atoms. The lowest BCUT2D eigenvalue weighted by Crippen LogP contribution is -2.49. The first kappa shape index (κ1) is 25.2. The van der Waals surface area contributed by atoms with Crippen LogP contribution in [-0.4, -0.2) is 50.9 Å². The molecule has 180 valence electrons. The molecule has 10 heteroatoms. The number of halogens is 4. The highest BCUT2D eigenvalue weighted by Gasteiger charge is 2.22. The molecule has 5 nitrogen and oxygen atoms in total. The second-order valence-electron chi connectivity index (χ2n) is 8.38. The molecule has 1 aromatic heterocycles. The van der Waals surface area contributed by atoms with Gasteiger partial charge in [0.1, 0.15) is 5.82 Å². The molecule has 3 aromatic rings. The van der Waals surface area contributed by atoms with Crippen LogP contribution in [0.3, 0.4) is 0 Å². The minimum absolute atomic E-state index is 0.319. The summed E-state index contributed by atoms with van der Waals surface area (Å²) in [7, 11) is 0. The summed E-state index contributed by atoms with van der Waals surface area (Å²) in [4.78, 5) is 4.46. The second-order valence-corrected chi connectivity index (χ2v) is 9.99. The lowest BCUT2D eigenvalue weighted by atomic mass is 10.2. The monoisotopic (exact) mass is 539 g/mol. The van der Waals surface area contributed by atoms with Crippen molar-refractivity contribution < 1.29 is 4.39 Å². The van der Waals surface area contributed by atoms with E-state index in [2.05, 4.69) is 20.2 Å². The van der Waals surface area contributed by atoms with Crippen molar-refractivity contribution in [1.82, 2.24) is 19.6 Å². The van der Waals surface area contributed by atoms with Crippen LogP contribution >= 0.6 is 47.0 Å². The van der Waals surface area contributed by atoms with Gasteiger partial charge >= 0.3 is 0 Å². The van der Waals surface area contributed by atoms with Crippen LogP contribution in [0, 0.1) is 19.7 Å². The third kappa shape index (κ3) is 5.83. The van der Waals surface area contributed by atoms with Crippen LogP contribution in [0.15, 0.2) is 36.4 Å². The van der Waals surface area contributed by atoms with E-state index in [9.17, 15) is 4.39 Å². The van der Waals surface area contributed by atoms with Gasteiger partial charge in [-0.15, -0.1) is 0 Å². The standard InChI is InChI=1S/C24H25Cl3FN5S/c1-15-23(16(2)33(30-15)13-17-3-6-20(25)22(27)11-17)29-24(34)32-9-7-31(8-10-32)14-18-4-5-19(28)12-21(18)26/h3-6,11-12H,7-10,13-14H2,1-2H3,(H,29,34). The highest BCUT2D eigenvalue weighted by atomic mass is 35.5. The second kappa shape index (κ2) is 10.8. The Morgan fingerprint density at radius 2 is 1.71 bits per heavy atom. The lowest BCUT2D eigenvalue weighted by Gasteiger charge is -2.36. The van der Waals surface area contributed by atoms with E-state index < -0.39 is 0 Å². The molecule has 4 rings (SSSR count). The zero-order valence-electron chi connectivity index (χ0n) is 18.9. The van der Waals surface area contributed by atoms with Crippen LogP contribution < -0.4 is 5.32 Å². The topological polar surface area (TPSA) is 36.3 Å². The fourth-order valence-corrected chi connectivity index (χ4v) is 4.86. The minimum Gasteiger partial charge on any atom is -0.346 e. The molecular weight excluding hydrogens is 516 g/mol. The lowest BCUT2D eigenvalue weighted by molar-refractivity contribution is 0.177. The Labute approximate surface area is 219 Å². The number of thiocarbonyl (C=S) groups is 1. The highest BCUT2D eigenvalue weighted by molar-refractivity contribution is 7.80. The molecule has 1 fully saturated rings. The molecule has 2 heterocycles. The Kier molecular flexibility index (Phi) is 8.00. The number of aromatic nitrogens is 2. The maximum absolute atomic E-state index is 13.3. The Balaban J connectivity index is 1.35. The number of hydrogen-bond acceptors (Lipinski definition) is 3. The van der Waals surface area contributed by atoms with Gasteiger partial charge in [0, 0.05) is 37.7 Å². The van der Waals surface area contributed by atoms with Gasteiger partial charge in [0.15, 0.2) is 5.11 Å². The van der Waals surface area contributed by atoms with E-state index in [1.165, 1.54) is 12.1 Å². The predicted octanol–water partition coefficient (Wildman–Crippen LogP) is 6.16. The van der Waals surface area contributed by atoms with Crippen molar-refractivity contribution in [3.05, 3.63) is 79.8 Å². The molecule has 0 amide bonds. The Bertz CT molecular complexity index is 1210. The first-order chi connectivity index (χ1) is 16.2. The molecule has 1 aliphatic heterocycles. The Hall–Kier alpha value is -1.90. The normalized spacial score (nSPS) is 14.5. The van der Waals surface area contributed by atoms with Gasteiger partial charge in [0.05, 0.1) is 33.7 Å². The number of hydrogen-bond donors (Lipinski definition) is 1. The summed E-state index contributed by atoms with van der Waals surface area (Å²) in [6, 6.07) is 10.2. The van der Waals surface area contributed by atoms with Crippen molar-refractivity contribution in [2.24, 2.45) is 0 Å². The minimum atomic E-state index is -0.319. The predicted molar refractivity (Wildman–Crippen MR) is 142 cm³/mol. The van der Waals surface area contributed by atoms with Gasteiger partial charge in [-0.3, -0.25) is 9.58 Å². The summed E-state index contributed by atoms with van der Waals surface area (Å²) in [5.41, 5.74) is 4.75. The third-order valence-electron chi connectivity index (χ3n) is 6.00. The summed E-state index contributed by atoms with van der Waals surface area (Å²) in [5, 5.41) is 10.3. The first-order valence-corrected chi connectivity index (χ1v) is 12.5. The van der Waals surface area contributed by atoms with Gasteiger partial charge < -0.3 is 10.2 Å². The van der Waals surface area contributed by atoms with Crippen molar-refractivity contribution >= 4 is 57.8 Å². The van der Waals surface area contributed by atoms with Gasteiger partial charge in [-0.1, -0.05) is 46.9 Å². The van der Waals surface area contributed by atoms with Crippen molar-refractivity contribution in [3.8, 4) is 0 Å². The Morgan fingerprint density at radius 3 is 2.38 bits per heavy atom. The van der Waals surface area contributed by atoms with Crippen LogP contribution in [0.2, 0.25) is 15.1 Å². The zero-order valence-corrected chi connectivity index (χ0v) is 22.0. The average molecular weight is 541 g/mol. The number of rotatable bonds is 5. The van der Waals surface area contributed by atoms with Crippen LogP contribution in [0.25, 0.3) is 0 Å². The maximum Gasteiger partial charge on any atom is 0.173 e. The van der Waals surface area contributed by atoms with Gasteiger partial charge in [-0.05, 0) is 61.5 Å². The van der Waals surface area contributed by atoms with Crippen molar-refractivity contribution in [1.29, 1.82) is 0 Å². The summed E-state index contributed by atoms with van der Waals surface area (Å²) in [6.45, 7) is 8.52. The van der Waals surface area contributed by atoms with Crippen LogP contribution in [0.1, 0.15) is 22.5 Å². The average Bonchev–Trinajstić information content (AvgIpc) is 3.06. The SMILES string of the molecule is Cc1nn(Cc2ccc(Cl)c(Cl)c2)c(C)c1NC(=S)N1CCN(Cc2ccc(F)cc2Cl)CC1. The highest BCUT2D eigenvalue weighted by Crippen LogP contribution is 2.25. The summed E-state index contributed by atoms with van der Waals surface area (Å²) >= 11 is 24.1. The summed E-state index contributed by atoms with van der Waals surface area (Å²) in [6.07, 6.45) is 0. The molecule has 0 atom stereocenters. The summed E-state index contributed by atoms with van der Waals surface area (Å²) < 4.78 is 15.2. The van der Waals surface area contributed by atoms with Crippen LogP contribution in [0.4, 0.5) is 10.1 Å². The smallest absolute Gasteiger partial charge is 0.173 e. The molecule has 0 saturated carbocycles. The first-order valence-electron chi connectivity index (χ1n) is 10.9. The van der Waals surface area contributed by atoms with Gasteiger partial charge in [0.2, 0.25) is 0 Å². The fraction of sp³-hybridized carbons (Fsp3) is 0.333. The molecule has 1 aliphatic rings. The molecular formula is C24H25Cl3FN5S. The molecule has 34 heavy (non-hydrogen) atoms. The maximum atomic E-state index is 13.3. The number of aryl methyl sites for hydroxylation is 1. The van der Waals surface area contributed by atoms with E-state index in [1.807, 2.05) is 30.7 Å². The number of benzene rings is 2. The van der Waals surface area contributed by atoms with Crippen LogP contribution in [0.5, 0.6) is 0 Å². The molecule has 0 spiro atoms. The van der Waals surface area contributed by atoms with Crippen molar-refractivity contribution in [2.75, 3.05) is 31.5 Å². The van der Waals surface area contributed by atoms with E-state index in [0.717, 1.165) is 54.4 Å². The third-order valence-corrected chi connectivity index (χ3v) is 7.45. The van der Waals surface area contributed by atoms with Crippen molar-refractivity contribution in [3.63, 3.8) is 0 Å². The summed E-state index contributed by atoms with van der Waals surface area (Å²) in [5.74, 6) is -0.319. The zero-order chi connectivity index (χ0) is 24.4. The van der Waals surface area contributed by atoms with Gasteiger partial charge in [-0.2, -0.15) is 5.10 Å². The van der Waals surface area contributed by atoms with Crippen molar-refractivity contribution in [2.45, 2.75) is 26.9 Å². The van der Waals surface area contributed by atoms with E-state index in [-0.39, 0.29) is 5.82 Å².